The van der Waals surface area contributed by atoms with Crippen molar-refractivity contribution < 1.29 is 14.6 Å². The number of anilines is 1. The first-order valence-electron chi connectivity index (χ1n) is 6.58. The summed E-state index contributed by atoms with van der Waals surface area (Å²) in [6, 6.07) is 7.21. The molecule has 1 unspecified atom stereocenters. The Morgan fingerprint density at radius 2 is 2.05 bits per heavy atom. The topological polar surface area (TPSA) is 102 Å². The van der Waals surface area contributed by atoms with E-state index >= 15 is 0 Å². The molecular formula is C14H23N3O3. The number of para-hydroxylation sites is 2. The molecule has 5 N–H and O–H groups in total. The van der Waals surface area contributed by atoms with Crippen molar-refractivity contribution in [1.82, 2.24) is 4.90 Å². The lowest BCUT2D eigenvalue weighted by Gasteiger charge is -2.27. The van der Waals surface area contributed by atoms with Crippen molar-refractivity contribution in [2.24, 2.45) is 5.73 Å². The second-order valence-electron chi connectivity index (χ2n) is 4.99. The fourth-order valence-corrected chi connectivity index (χ4v) is 1.78. The fraction of sp³-hybridized carbons (Fsp3) is 0.500. The van der Waals surface area contributed by atoms with E-state index < -0.39 is 12.0 Å². The highest BCUT2D eigenvalue weighted by Crippen LogP contribution is 2.19. The van der Waals surface area contributed by atoms with E-state index in [-0.39, 0.29) is 19.2 Å². The molecule has 6 nitrogen and oxygen atoms in total. The highest BCUT2D eigenvalue weighted by Gasteiger charge is 2.17. The van der Waals surface area contributed by atoms with Crippen LogP contribution in [0.5, 0.6) is 5.75 Å². The molecule has 1 aromatic carbocycles. The molecule has 0 spiro atoms. The Bertz CT molecular complexity index is 437. The summed E-state index contributed by atoms with van der Waals surface area (Å²) in [6.07, 6.45) is -0.726. The smallest absolute Gasteiger partial charge is 0.231 e. The summed E-state index contributed by atoms with van der Waals surface area (Å²) >= 11 is 0. The Morgan fingerprint density at radius 3 is 2.60 bits per heavy atom. The van der Waals surface area contributed by atoms with Gasteiger partial charge in [0.2, 0.25) is 5.91 Å². The van der Waals surface area contributed by atoms with Crippen molar-refractivity contribution in [3.8, 4) is 5.75 Å². The van der Waals surface area contributed by atoms with Crippen molar-refractivity contribution >= 4 is 11.6 Å². The number of benzene rings is 1. The molecule has 0 aliphatic carbocycles. The number of ether oxygens (including phenoxy) is 1. The molecular weight excluding hydrogens is 258 g/mol. The molecule has 1 aromatic rings. The number of nitrogens with two attached hydrogens (primary N) is 2. The number of primary amides is 1. The molecule has 0 fully saturated rings. The average Bonchev–Trinajstić information content (AvgIpc) is 2.36. The highest BCUT2D eigenvalue weighted by molar-refractivity contribution is 5.75. The van der Waals surface area contributed by atoms with Gasteiger partial charge in [-0.2, -0.15) is 0 Å². The lowest BCUT2D eigenvalue weighted by Crippen LogP contribution is -2.44. The van der Waals surface area contributed by atoms with E-state index in [0.29, 0.717) is 18.0 Å². The largest absolute Gasteiger partial charge is 0.489 e. The minimum Gasteiger partial charge on any atom is -0.489 e. The molecule has 0 radical (unpaired) electrons. The summed E-state index contributed by atoms with van der Waals surface area (Å²) in [5.74, 6) is 0.122. The number of carbonyl (C=O) groups excluding carboxylic acids is 1. The molecule has 0 aromatic heterocycles. The van der Waals surface area contributed by atoms with Gasteiger partial charge in [0.25, 0.3) is 0 Å². The predicted octanol–water partition coefficient (Wildman–Crippen LogP) is 0.204. The van der Waals surface area contributed by atoms with Crippen LogP contribution in [0.1, 0.15) is 13.8 Å². The third kappa shape index (κ3) is 5.46. The van der Waals surface area contributed by atoms with Crippen LogP contribution < -0.4 is 16.2 Å². The number of nitrogens with zero attached hydrogens (tertiary/aromatic N) is 1. The quantitative estimate of drug-likeness (QED) is 0.591. The van der Waals surface area contributed by atoms with Crippen LogP contribution in [0.25, 0.3) is 0 Å². The Kier molecular flexibility index (Phi) is 6.27. The molecule has 1 atom stereocenters. The number of amides is 1. The molecule has 0 aliphatic heterocycles. The van der Waals surface area contributed by atoms with Gasteiger partial charge >= 0.3 is 0 Å². The van der Waals surface area contributed by atoms with E-state index in [1.54, 1.807) is 17.0 Å². The van der Waals surface area contributed by atoms with Crippen molar-refractivity contribution in [2.45, 2.75) is 26.0 Å². The first kappa shape index (κ1) is 16.3. The summed E-state index contributed by atoms with van der Waals surface area (Å²) in [7, 11) is 0. The molecule has 0 aliphatic rings. The Balaban J connectivity index is 2.47. The molecule has 6 heteroatoms. The standard InChI is InChI=1S/C14H23N3O3/c1-10(2)17(8-14(16)19)7-11(18)9-20-13-6-4-3-5-12(13)15/h3-6,10-11,18H,7-9,15H2,1-2H3,(H2,16,19). The van der Waals surface area contributed by atoms with Crippen molar-refractivity contribution in [1.29, 1.82) is 0 Å². The number of aliphatic hydroxyl groups excluding tert-OH is 1. The molecule has 1 amide bonds. The zero-order chi connectivity index (χ0) is 15.1. The van der Waals surface area contributed by atoms with Crippen LogP contribution >= 0.6 is 0 Å². The average molecular weight is 281 g/mol. The predicted molar refractivity (Wildman–Crippen MR) is 78.3 cm³/mol. The lowest BCUT2D eigenvalue weighted by molar-refractivity contribution is -0.120. The number of carbonyl (C=O) groups is 1. The van der Waals surface area contributed by atoms with Crippen molar-refractivity contribution in [3.63, 3.8) is 0 Å². The normalized spacial score (nSPS) is 12.7. The second kappa shape index (κ2) is 7.72. The summed E-state index contributed by atoms with van der Waals surface area (Å²) in [6.45, 7) is 4.41. The molecule has 112 valence electrons. The lowest BCUT2D eigenvalue weighted by atomic mass is 10.2. The molecule has 0 saturated heterocycles. The molecule has 1 rings (SSSR count). The number of nitrogen functional groups attached to an aromatic ring is 1. The maximum absolute atomic E-state index is 11.0. The monoisotopic (exact) mass is 281 g/mol. The van der Waals surface area contributed by atoms with E-state index in [1.165, 1.54) is 0 Å². The van der Waals surface area contributed by atoms with Crippen LogP contribution in [0.4, 0.5) is 5.69 Å². The maximum atomic E-state index is 11.0. The second-order valence-corrected chi connectivity index (χ2v) is 4.99. The van der Waals surface area contributed by atoms with Gasteiger partial charge in [0.15, 0.2) is 0 Å². The van der Waals surface area contributed by atoms with Gasteiger partial charge in [0.1, 0.15) is 18.5 Å². The third-order valence-electron chi connectivity index (χ3n) is 2.88. The Morgan fingerprint density at radius 1 is 1.40 bits per heavy atom. The van der Waals surface area contributed by atoms with E-state index in [1.807, 2.05) is 26.0 Å². The minimum absolute atomic E-state index is 0.107. The zero-order valence-electron chi connectivity index (χ0n) is 12.0. The van der Waals surface area contributed by atoms with Gasteiger partial charge in [-0.15, -0.1) is 0 Å². The summed E-state index contributed by atoms with van der Waals surface area (Å²) in [5.41, 5.74) is 11.5. The van der Waals surface area contributed by atoms with Gasteiger partial charge in [-0.1, -0.05) is 12.1 Å². The molecule has 0 bridgehead atoms. The molecule has 0 saturated carbocycles. The maximum Gasteiger partial charge on any atom is 0.231 e. The Hall–Kier alpha value is -1.79. The van der Waals surface area contributed by atoms with Crippen LogP contribution in [0, 0.1) is 0 Å². The first-order chi connectivity index (χ1) is 9.40. The molecule has 0 heterocycles. The number of hydrogen-bond acceptors (Lipinski definition) is 5. The number of hydrogen-bond donors (Lipinski definition) is 3. The van der Waals surface area contributed by atoms with Crippen LogP contribution in [-0.4, -0.2) is 47.8 Å². The van der Waals surface area contributed by atoms with Gasteiger partial charge in [-0.05, 0) is 26.0 Å². The van der Waals surface area contributed by atoms with Crippen LogP contribution in [0.15, 0.2) is 24.3 Å². The number of rotatable bonds is 8. The van der Waals surface area contributed by atoms with Crippen molar-refractivity contribution in [2.75, 3.05) is 25.4 Å². The fourth-order valence-electron chi connectivity index (χ4n) is 1.78. The molecule has 20 heavy (non-hydrogen) atoms. The first-order valence-corrected chi connectivity index (χ1v) is 6.58. The van der Waals surface area contributed by atoms with Crippen LogP contribution in [0.2, 0.25) is 0 Å². The van der Waals surface area contributed by atoms with Crippen LogP contribution in [-0.2, 0) is 4.79 Å². The van der Waals surface area contributed by atoms with E-state index in [4.69, 9.17) is 16.2 Å². The van der Waals surface area contributed by atoms with E-state index in [2.05, 4.69) is 0 Å². The van der Waals surface area contributed by atoms with Gasteiger partial charge in [-0.3, -0.25) is 9.69 Å². The van der Waals surface area contributed by atoms with Gasteiger partial charge < -0.3 is 21.3 Å². The minimum atomic E-state index is -0.726. The van der Waals surface area contributed by atoms with Crippen LogP contribution in [0.3, 0.4) is 0 Å². The summed E-state index contributed by atoms with van der Waals surface area (Å²) in [5, 5.41) is 9.97. The highest BCUT2D eigenvalue weighted by atomic mass is 16.5. The summed E-state index contributed by atoms with van der Waals surface area (Å²) in [4.78, 5) is 12.8. The third-order valence-corrected chi connectivity index (χ3v) is 2.88. The van der Waals surface area contributed by atoms with Crippen molar-refractivity contribution in [3.05, 3.63) is 24.3 Å². The van der Waals surface area contributed by atoms with Gasteiger partial charge in [0.05, 0.1) is 12.2 Å². The Labute approximate surface area is 119 Å². The van der Waals surface area contributed by atoms with E-state index in [9.17, 15) is 9.90 Å². The van der Waals surface area contributed by atoms with Gasteiger partial charge in [0, 0.05) is 12.6 Å². The number of aliphatic hydroxyl groups is 1. The summed E-state index contributed by atoms with van der Waals surface area (Å²) < 4.78 is 5.47. The van der Waals surface area contributed by atoms with E-state index in [0.717, 1.165) is 0 Å². The van der Waals surface area contributed by atoms with Gasteiger partial charge in [-0.25, -0.2) is 0 Å². The SMILES string of the molecule is CC(C)N(CC(N)=O)CC(O)COc1ccccc1N. The zero-order valence-corrected chi connectivity index (χ0v) is 12.0.